The molecule has 17 heavy (non-hydrogen) atoms. The number of hydrogen-bond donors (Lipinski definition) is 2. The average molecular weight is 239 g/mol. The van der Waals surface area contributed by atoms with Gasteiger partial charge in [0.2, 0.25) is 11.8 Å². The van der Waals surface area contributed by atoms with Crippen LogP contribution < -0.4 is 10.1 Å². The zero-order chi connectivity index (χ0) is 12.7. The van der Waals surface area contributed by atoms with Crippen molar-refractivity contribution in [2.24, 2.45) is 5.41 Å². The molecule has 0 amide bonds. The smallest absolute Gasteiger partial charge is 0.225 e. The minimum Gasteiger partial charge on any atom is -0.478 e. The fraction of sp³-hybridized carbons (Fsp3) is 0.667. The highest BCUT2D eigenvalue weighted by molar-refractivity contribution is 5.27. The van der Waals surface area contributed by atoms with Crippen LogP contribution in [0.4, 0.5) is 5.95 Å². The van der Waals surface area contributed by atoms with Crippen molar-refractivity contribution in [3.63, 3.8) is 0 Å². The molecule has 0 aliphatic heterocycles. The first kappa shape index (κ1) is 13.7. The Kier molecular flexibility index (Phi) is 5.15. The molecule has 1 rings (SSSR count). The summed E-state index contributed by atoms with van der Waals surface area (Å²) in [7, 11) is 0. The van der Waals surface area contributed by atoms with Gasteiger partial charge in [-0.25, -0.2) is 4.98 Å². The number of nitrogens with zero attached hydrogens (tertiary/aromatic N) is 2. The molecule has 0 atom stereocenters. The molecule has 96 valence electrons. The number of rotatable bonds is 7. The Labute approximate surface area is 102 Å². The summed E-state index contributed by atoms with van der Waals surface area (Å²) in [4.78, 5) is 8.34. The molecule has 0 aliphatic carbocycles. The molecule has 0 aromatic carbocycles. The SMILES string of the molecule is CCOc1ccnc(NCC(C)(C)CCO)n1. The van der Waals surface area contributed by atoms with Crippen LogP contribution in [-0.2, 0) is 0 Å². The van der Waals surface area contributed by atoms with E-state index in [2.05, 4.69) is 29.1 Å². The molecule has 0 unspecified atom stereocenters. The zero-order valence-electron chi connectivity index (χ0n) is 10.7. The molecule has 0 bridgehead atoms. The van der Waals surface area contributed by atoms with Gasteiger partial charge in [0.15, 0.2) is 0 Å². The van der Waals surface area contributed by atoms with Crippen LogP contribution in [0.15, 0.2) is 12.3 Å². The van der Waals surface area contributed by atoms with Crippen molar-refractivity contribution in [1.29, 1.82) is 0 Å². The van der Waals surface area contributed by atoms with Gasteiger partial charge in [-0.3, -0.25) is 0 Å². The fourth-order valence-corrected chi connectivity index (χ4v) is 1.36. The second kappa shape index (κ2) is 6.39. The van der Waals surface area contributed by atoms with Crippen LogP contribution in [0, 0.1) is 5.41 Å². The first-order valence-corrected chi connectivity index (χ1v) is 5.88. The maximum absolute atomic E-state index is 8.93. The number of nitrogens with one attached hydrogen (secondary N) is 1. The van der Waals surface area contributed by atoms with Crippen molar-refractivity contribution in [2.45, 2.75) is 27.2 Å². The Balaban J connectivity index is 2.53. The average Bonchev–Trinajstić information content (AvgIpc) is 2.28. The molecule has 0 fully saturated rings. The van der Waals surface area contributed by atoms with Crippen molar-refractivity contribution in [3.05, 3.63) is 12.3 Å². The van der Waals surface area contributed by atoms with Crippen molar-refractivity contribution in [1.82, 2.24) is 9.97 Å². The molecule has 5 heteroatoms. The van der Waals surface area contributed by atoms with Crippen LogP contribution in [0.1, 0.15) is 27.2 Å². The summed E-state index contributed by atoms with van der Waals surface area (Å²) < 4.78 is 5.29. The standard InChI is InChI=1S/C12H21N3O2/c1-4-17-10-5-7-13-11(15-10)14-9-12(2,3)6-8-16/h5,7,16H,4,6,8-9H2,1-3H3,(H,13,14,15). The van der Waals surface area contributed by atoms with E-state index >= 15 is 0 Å². The van der Waals surface area contributed by atoms with E-state index < -0.39 is 0 Å². The number of hydrogen-bond acceptors (Lipinski definition) is 5. The Bertz CT molecular complexity index is 342. The minimum absolute atomic E-state index is 0.0136. The highest BCUT2D eigenvalue weighted by atomic mass is 16.5. The lowest BCUT2D eigenvalue weighted by molar-refractivity contribution is 0.220. The van der Waals surface area contributed by atoms with Gasteiger partial charge in [-0.1, -0.05) is 13.8 Å². The van der Waals surface area contributed by atoms with Crippen molar-refractivity contribution >= 4 is 5.95 Å². The molecule has 0 saturated carbocycles. The summed E-state index contributed by atoms with van der Waals surface area (Å²) in [6, 6.07) is 1.73. The molecule has 0 saturated heterocycles. The van der Waals surface area contributed by atoms with E-state index in [4.69, 9.17) is 9.84 Å². The van der Waals surface area contributed by atoms with E-state index in [9.17, 15) is 0 Å². The lowest BCUT2D eigenvalue weighted by Crippen LogP contribution is -2.25. The lowest BCUT2D eigenvalue weighted by Gasteiger charge is -2.23. The van der Waals surface area contributed by atoms with E-state index in [1.165, 1.54) is 0 Å². The number of anilines is 1. The minimum atomic E-state index is 0.0136. The summed E-state index contributed by atoms with van der Waals surface area (Å²) in [6.45, 7) is 7.58. The maximum Gasteiger partial charge on any atom is 0.225 e. The van der Waals surface area contributed by atoms with Crippen LogP contribution in [0.2, 0.25) is 0 Å². The molecule has 0 spiro atoms. The predicted octanol–water partition coefficient (Wildman–Crippen LogP) is 1.70. The van der Waals surface area contributed by atoms with Gasteiger partial charge in [-0.15, -0.1) is 0 Å². The van der Waals surface area contributed by atoms with E-state index in [1.807, 2.05) is 6.92 Å². The first-order valence-electron chi connectivity index (χ1n) is 5.88. The fourth-order valence-electron chi connectivity index (χ4n) is 1.36. The second-order valence-electron chi connectivity index (χ2n) is 4.64. The molecular formula is C12H21N3O2. The Morgan fingerprint density at radius 1 is 1.47 bits per heavy atom. The maximum atomic E-state index is 8.93. The summed E-state index contributed by atoms with van der Waals surface area (Å²) >= 11 is 0. The first-order chi connectivity index (χ1) is 8.07. The van der Waals surface area contributed by atoms with Crippen LogP contribution in [-0.4, -0.2) is 34.8 Å². The van der Waals surface area contributed by atoms with Crippen molar-refractivity contribution in [2.75, 3.05) is 25.1 Å². The van der Waals surface area contributed by atoms with Gasteiger partial charge in [-0.2, -0.15) is 4.98 Å². The molecule has 1 heterocycles. The van der Waals surface area contributed by atoms with E-state index in [1.54, 1.807) is 12.3 Å². The molecule has 0 aliphatic rings. The predicted molar refractivity (Wildman–Crippen MR) is 67.2 cm³/mol. The van der Waals surface area contributed by atoms with Crippen molar-refractivity contribution < 1.29 is 9.84 Å². The number of ether oxygens (including phenoxy) is 1. The van der Waals surface area contributed by atoms with Crippen LogP contribution in [0.25, 0.3) is 0 Å². The lowest BCUT2D eigenvalue weighted by atomic mass is 9.90. The van der Waals surface area contributed by atoms with Gasteiger partial charge >= 0.3 is 0 Å². The second-order valence-corrected chi connectivity index (χ2v) is 4.64. The van der Waals surface area contributed by atoms with Gasteiger partial charge in [0.1, 0.15) is 0 Å². The zero-order valence-corrected chi connectivity index (χ0v) is 10.7. The van der Waals surface area contributed by atoms with E-state index in [0.717, 1.165) is 6.42 Å². The third-order valence-electron chi connectivity index (χ3n) is 2.44. The van der Waals surface area contributed by atoms with Gasteiger partial charge < -0.3 is 15.2 Å². The van der Waals surface area contributed by atoms with Gasteiger partial charge in [0.25, 0.3) is 0 Å². The highest BCUT2D eigenvalue weighted by Gasteiger charge is 2.17. The summed E-state index contributed by atoms with van der Waals surface area (Å²) in [5.41, 5.74) is 0.0136. The number of aliphatic hydroxyl groups is 1. The monoisotopic (exact) mass is 239 g/mol. The number of aromatic nitrogens is 2. The summed E-state index contributed by atoms with van der Waals surface area (Å²) in [5.74, 6) is 1.13. The summed E-state index contributed by atoms with van der Waals surface area (Å²) in [6.07, 6.45) is 2.41. The van der Waals surface area contributed by atoms with Crippen LogP contribution in [0.5, 0.6) is 5.88 Å². The molecule has 2 N–H and O–H groups in total. The Hall–Kier alpha value is -1.36. The molecule has 5 nitrogen and oxygen atoms in total. The molecular weight excluding hydrogens is 218 g/mol. The molecule has 1 aromatic rings. The summed E-state index contributed by atoms with van der Waals surface area (Å²) in [5, 5.41) is 12.1. The van der Waals surface area contributed by atoms with Crippen LogP contribution >= 0.6 is 0 Å². The van der Waals surface area contributed by atoms with Crippen LogP contribution in [0.3, 0.4) is 0 Å². The topological polar surface area (TPSA) is 67.3 Å². The Morgan fingerprint density at radius 2 is 2.24 bits per heavy atom. The Morgan fingerprint density at radius 3 is 2.88 bits per heavy atom. The van der Waals surface area contributed by atoms with Gasteiger partial charge in [0.05, 0.1) is 6.61 Å². The highest BCUT2D eigenvalue weighted by Crippen LogP contribution is 2.20. The largest absolute Gasteiger partial charge is 0.478 e. The third-order valence-corrected chi connectivity index (χ3v) is 2.44. The van der Waals surface area contributed by atoms with Gasteiger partial charge in [-0.05, 0) is 18.8 Å². The van der Waals surface area contributed by atoms with E-state index in [-0.39, 0.29) is 12.0 Å². The van der Waals surface area contributed by atoms with Gasteiger partial charge in [0, 0.05) is 25.4 Å². The number of aliphatic hydroxyl groups excluding tert-OH is 1. The van der Waals surface area contributed by atoms with E-state index in [0.29, 0.717) is 25.0 Å². The molecule has 0 radical (unpaired) electrons. The van der Waals surface area contributed by atoms with Crippen molar-refractivity contribution in [3.8, 4) is 5.88 Å². The quantitative estimate of drug-likeness (QED) is 0.758. The third kappa shape index (κ3) is 4.99. The molecule has 1 aromatic heterocycles. The normalized spacial score (nSPS) is 11.3.